The third kappa shape index (κ3) is 2.24. The molecule has 8 heteroatoms. The van der Waals surface area contributed by atoms with Crippen LogP contribution in [0.25, 0.3) is 11.3 Å². The second-order valence-corrected chi connectivity index (χ2v) is 3.50. The van der Waals surface area contributed by atoms with Crippen molar-refractivity contribution in [3.05, 3.63) is 29.5 Å². The number of esters is 1. The summed E-state index contributed by atoms with van der Waals surface area (Å²) < 4.78 is 31.6. The molecular formula is C11H9F2N3O3. The summed E-state index contributed by atoms with van der Waals surface area (Å²) in [6.07, 6.45) is 0. The summed E-state index contributed by atoms with van der Waals surface area (Å²) in [6.45, 7) is 1.67. The SMILES string of the molecule is CCOC(=O)c1n[nH]nc1-c1c(O)ccc(F)c1F. The van der Waals surface area contributed by atoms with Gasteiger partial charge in [0.1, 0.15) is 11.4 Å². The number of hydrogen-bond donors (Lipinski definition) is 2. The first-order chi connectivity index (χ1) is 9.06. The van der Waals surface area contributed by atoms with Gasteiger partial charge in [0.2, 0.25) is 0 Å². The number of phenolic OH excluding ortho intramolecular Hbond substituents is 1. The smallest absolute Gasteiger partial charge is 0.361 e. The number of carbonyl (C=O) groups is 1. The van der Waals surface area contributed by atoms with Crippen molar-refractivity contribution in [3.8, 4) is 17.0 Å². The minimum Gasteiger partial charge on any atom is -0.507 e. The Labute approximate surface area is 106 Å². The molecule has 100 valence electrons. The van der Waals surface area contributed by atoms with E-state index in [1.54, 1.807) is 6.92 Å². The van der Waals surface area contributed by atoms with Crippen LogP contribution in [-0.2, 0) is 4.74 Å². The van der Waals surface area contributed by atoms with Crippen LogP contribution in [0.2, 0.25) is 0 Å². The number of nitrogens with one attached hydrogen (secondary N) is 1. The highest BCUT2D eigenvalue weighted by Crippen LogP contribution is 2.33. The minimum atomic E-state index is -1.32. The molecule has 1 aromatic carbocycles. The highest BCUT2D eigenvalue weighted by atomic mass is 19.2. The Hall–Kier alpha value is -2.51. The topological polar surface area (TPSA) is 88.1 Å². The molecule has 0 saturated carbocycles. The molecule has 2 N–H and O–H groups in total. The molecule has 2 rings (SSSR count). The lowest BCUT2D eigenvalue weighted by Gasteiger charge is -2.05. The van der Waals surface area contributed by atoms with Crippen LogP contribution in [0.15, 0.2) is 12.1 Å². The van der Waals surface area contributed by atoms with Crippen LogP contribution < -0.4 is 0 Å². The largest absolute Gasteiger partial charge is 0.507 e. The van der Waals surface area contributed by atoms with Crippen LogP contribution in [0.3, 0.4) is 0 Å². The van der Waals surface area contributed by atoms with Crippen molar-refractivity contribution in [2.45, 2.75) is 6.92 Å². The fourth-order valence-electron chi connectivity index (χ4n) is 1.51. The van der Waals surface area contributed by atoms with Gasteiger partial charge in [0.05, 0.1) is 12.2 Å². The van der Waals surface area contributed by atoms with E-state index in [4.69, 9.17) is 4.74 Å². The summed E-state index contributed by atoms with van der Waals surface area (Å²) in [4.78, 5) is 11.6. The zero-order chi connectivity index (χ0) is 14.0. The lowest BCUT2D eigenvalue weighted by Crippen LogP contribution is -2.07. The average molecular weight is 269 g/mol. The van der Waals surface area contributed by atoms with Gasteiger partial charge in [-0.25, -0.2) is 13.6 Å². The standard InChI is InChI=1S/C11H9F2N3O3/c1-2-19-11(18)10-9(14-16-15-10)7-6(17)4-3-5(12)8(7)13/h3-4,17H,2H2,1H3,(H,14,15,16). The number of H-pyrrole nitrogens is 1. The number of phenols is 1. The molecular weight excluding hydrogens is 260 g/mol. The summed E-state index contributed by atoms with van der Waals surface area (Å²) in [5.41, 5.74) is -1.19. The normalized spacial score (nSPS) is 10.5. The Morgan fingerprint density at radius 2 is 2.16 bits per heavy atom. The van der Waals surface area contributed by atoms with Crippen molar-refractivity contribution in [1.82, 2.24) is 15.4 Å². The molecule has 0 aliphatic rings. The van der Waals surface area contributed by atoms with E-state index in [0.717, 1.165) is 12.1 Å². The van der Waals surface area contributed by atoms with Crippen molar-refractivity contribution in [1.29, 1.82) is 0 Å². The molecule has 0 atom stereocenters. The van der Waals surface area contributed by atoms with Gasteiger partial charge < -0.3 is 9.84 Å². The van der Waals surface area contributed by atoms with Gasteiger partial charge in [-0.1, -0.05) is 0 Å². The van der Waals surface area contributed by atoms with E-state index in [2.05, 4.69) is 15.4 Å². The molecule has 0 aliphatic heterocycles. The second-order valence-electron chi connectivity index (χ2n) is 3.50. The summed E-state index contributed by atoms with van der Waals surface area (Å²) in [6, 6.07) is 1.72. The monoisotopic (exact) mass is 269 g/mol. The van der Waals surface area contributed by atoms with Crippen LogP contribution in [0.1, 0.15) is 17.4 Å². The predicted molar refractivity (Wildman–Crippen MR) is 59.4 cm³/mol. The number of rotatable bonds is 3. The molecule has 0 aliphatic carbocycles. The quantitative estimate of drug-likeness (QED) is 0.827. The first-order valence-corrected chi connectivity index (χ1v) is 5.31. The molecule has 6 nitrogen and oxygen atoms in total. The first-order valence-electron chi connectivity index (χ1n) is 5.31. The van der Waals surface area contributed by atoms with Crippen molar-refractivity contribution >= 4 is 5.97 Å². The van der Waals surface area contributed by atoms with Crippen LogP contribution >= 0.6 is 0 Å². The summed E-state index contributed by atoms with van der Waals surface area (Å²) in [5.74, 6) is -3.90. The maximum Gasteiger partial charge on any atom is 0.361 e. The zero-order valence-corrected chi connectivity index (χ0v) is 9.78. The molecule has 0 spiro atoms. The molecule has 1 aromatic heterocycles. The van der Waals surface area contributed by atoms with E-state index in [9.17, 15) is 18.7 Å². The van der Waals surface area contributed by atoms with Gasteiger partial charge in [-0.05, 0) is 19.1 Å². The summed E-state index contributed by atoms with van der Waals surface area (Å²) in [7, 11) is 0. The van der Waals surface area contributed by atoms with Crippen LogP contribution in [0, 0.1) is 11.6 Å². The fraction of sp³-hybridized carbons (Fsp3) is 0.182. The van der Waals surface area contributed by atoms with Gasteiger partial charge in [0.25, 0.3) is 0 Å². The lowest BCUT2D eigenvalue weighted by atomic mass is 10.1. The molecule has 1 heterocycles. The van der Waals surface area contributed by atoms with Gasteiger partial charge in [-0.2, -0.15) is 10.3 Å². The number of aromatic amines is 1. The van der Waals surface area contributed by atoms with Crippen LogP contribution in [-0.4, -0.2) is 33.1 Å². The molecule has 0 unspecified atom stereocenters. The third-order valence-corrected chi connectivity index (χ3v) is 2.33. The number of ether oxygens (including phenoxy) is 1. The van der Waals surface area contributed by atoms with Crippen molar-refractivity contribution in [3.63, 3.8) is 0 Å². The van der Waals surface area contributed by atoms with Crippen molar-refractivity contribution in [2.24, 2.45) is 0 Å². The van der Waals surface area contributed by atoms with E-state index in [1.807, 2.05) is 0 Å². The number of carbonyl (C=O) groups excluding carboxylic acids is 1. The van der Waals surface area contributed by atoms with Gasteiger partial charge >= 0.3 is 5.97 Å². The Kier molecular flexibility index (Phi) is 3.41. The number of benzene rings is 1. The number of halogens is 2. The minimum absolute atomic E-state index is 0.0861. The van der Waals surface area contributed by atoms with E-state index >= 15 is 0 Å². The highest BCUT2D eigenvalue weighted by molar-refractivity contribution is 5.94. The molecule has 19 heavy (non-hydrogen) atoms. The number of aromatic nitrogens is 3. The Balaban J connectivity index is 2.58. The molecule has 0 fully saturated rings. The predicted octanol–water partition coefficient (Wildman–Crippen LogP) is 1.63. The van der Waals surface area contributed by atoms with E-state index in [1.165, 1.54) is 0 Å². The number of hydrogen-bond acceptors (Lipinski definition) is 5. The maximum atomic E-state index is 13.7. The van der Waals surface area contributed by atoms with Gasteiger partial charge in [0, 0.05) is 0 Å². The van der Waals surface area contributed by atoms with E-state index in [-0.39, 0.29) is 18.0 Å². The maximum absolute atomic E-state index is 13.7. The fourth-order valence-corrected chi connectivity index (χ4v) is 1.51. The molecule has 0 amide bonds. The Morgan fingerprint density at radius 1 is 1.42 bits per heavy atom. The second kappa shape index (κ2) is 5.01. The third-order valence-electron chi connectivity index (χ3n) is 2.33. The van der Waals surface area contributed by atoms with Gasteiger partial charge in [-0.15, -0.1) is 5.10 Å². The Bertz CT molecular complexity index is 628. The molecule has 0 saturated heterocycles. The number of nitrogens with zero attached hydrogens (tertiary/aromatic N) is 2. The first kappa shape index (κ1) is 12.9. The lowest BCUT2D eigenvalue weighted by molar-refractivity contribution is 0.0520. The zero-order valence-electron chi connectivity index (χ0n) is 9.78. The Morgan fingerprint density at radius 3 is 2.84 bits per heavy atom. The average Bonchev–Trinajstić information content (AvgIpc) is 2.84. The molecule has 0 radical (unpaired) electrons. The van der Waals surface area contributed by atoms with Crippen LogP contribution in [0.5, 0.6) is 5.75 Å². The summed E-state index contributed by atoms with van der Waals surface area (Å²) in [5, 5.41) is 18.8. The van der Waals surface area contributed by atoms with Crippen molar-refractivity contribution in [2.75, 3.05) is 6.61 Å². The highest BCUT2D eigenvalue weighted by Gasteiger charge is 2.25. The molecule has 0 bridgehead atoms. The van der Waals surface area contributed by atoms with E-state index in [0.29, 0.717) is 0 Å². The van der Waals surface area contributed by atoms with Gasteiger partial charge in [-0.3, -0.25) is 0 Å². The molecule has 2 aromatic rings. The number of aromatic hydroxyl groups is 1. The van der Waals surface area contributed by atoms with Crippen LogP contribution in [0.4, 0.5) is 8.78 Å². The van der Waals surface area contributed by atoms with E-state index < -0.39 is 28.9 Å². The van der Waals surface area contributed by atoms with Gasteiger partial charge in [0.15, 0.2) is 17.3 Å². The van der Waals surface area contributed by atoms with Crippen molar-refractivity contribution < 1.29 is 23.4 Å². The summed E-state index contributed by atoms with van der Waals surface area (Å²) >= 11 is 0.